The smallest absolute Gasteiger partial charge is 0.340 e. The summed E-state index contributed by atoms with van der Waals surface area (Å²) >= 11 is 6.04. The molecule has 1 amide bonds. The van der Waals surface area contributed by atoms with E-state index in [4.69, 9.17) is 16.3 Å². The van der Waals surface area contributed by atoms with E-state index in [-0.39, 0.29) is 28.0 Å². The number of benzene rings is 1. The standard InChI is InChI=1S/C17H21ClN2O5S/c18-15-6-5-13(26(23,24)20-9-3-4-10-20)11-14(15)17(22)25-12-16(21)19-7-1-2-8-19/h5-6,11H,1-4,7-10,12H2. The number of halogens is 1. The Balaban J connectivity index is 1.72. The number of nitrogens with zero attached hydrogens (tertiary/aromatic N) is 2. The molecule has 0 saturated carbocycles. The third-order valence-electron chi connectivity index (χ3n) is 4.65. The lowest BCUT2D eigenvalue weighted by atomic mass is 10.2. The second kappa shape index (κ2) is 7.94. The van der Waals surface area contributed by atoms with Crippen molar-refractivity contribution >= 4 is 33.5 Å². The summed E-state index contributed by atoms with van der Waals surface area (Å²) in [5, 5.41) is 0.0870. The zero-order valence-corrected chi connectivity index (χ0v) is 15.9. The van der Waals surface area contributed by atoms with Crippen molar-refractivity contribution in [1.82, 2.24) is 9.21 Å². The topological polar surface area (TPSA) is 84.0 Å². The Morgan fingerprint density at radius 2 is 1.65 bits per heavy atom. The summed E-state index contributed by atoms with van der Waals surface area (Å²) in [6.07, 6.45) is 3.53. The maximum atomic E-state index is 12.6. The normalized spacial score (nSPS) is 18.3. The summed E-state index contributed by atoms with van der Waals surface area (Å²) < 4.78 is 31.7. The van der Waals surface area contributed by atoms with Crippen LogP contribution in [0.25, 0.3) is 0 Å². The predicted molar refractivity (Wildman–Crippen MR) is 95.5 cm³/mol. The molecule has 1 aromatic rings. The first-order valence-electron chi connectivity index (χ1n) is 8.64. The van der Waals surface area contributed by atoms with Crippen molar-refractivity contribution in [3.05, 3.63) is 28.8 Å². The molecule has 2 aliphatic heterocycles. The molecule has 0 N–H and O–H groups in total. The van der Waals surface area contributed by atoms with Crippen LogP contribution in [-0.2, 0) is 19.6 Å². The molecule has 0 aromatic heterocycles. The van der Waals surface area contributed by atoms with E-state index in [0.29, 0.717) is 26.2 Å². The van der Waals surface area contributed by atoms with Gasteiger partial charge in [-0.1, -0.05) is 11.6 Å². The van der Waals surface area contributed by atoms with Crippen molar-refractivity contribution in [3.63, 3.8) is 0 Å². The molecule has 1 aromatic carbocycles. The zero-order valence-electron chi connectivity index (χ0n) is 14.3. The Labute approximate surface area is 157 Å². The third kappa shape index (κ3) is 4.02. The molecule has 2 aliphatic rings. The highest BCUT2D eigenvalue weighted by molar-refractivity contribution is 7.89. The minimum absolute atomic E-state index is 0.00150. The van der Waals surface area contributed by atoms with Gasteiger partial charge in [0.05, 0.1) is 15.5 Å². The molecule has 0 unspecified atom stereocenters. The predicted octanol–water partition coefficient (Wildman–Crippen LogP) is 1.90. The van der Waals surface area contributed by atoms with Crippen LogP contribution in [0.5, 0.6) is 0 Å². The number of esters is 1. The zero-order chi connectivity index (χ0) is 18.7. The monoisotopic (exact) mass is 400 g/mol. The van der Waals surface area contributed by atoms with E-state index < -0.39 is 16.0 Å². The van der Waals surface area contributed by atoms with Crippen LogP contribution in [0, 0.1) is 0 Å². The van der Waals surface area contributed by atoms with Crippen LogP contribution in [0.1, 0.15) is 36.0 Å². The first kappa shape index (κ1) is 19.1. The van der Waals surface area contributed by atoms with Crippen molar-refractivity contribution in [2.24, 2.45) is 0 Å². The molecule has 0 spiro atoms. The molecule has 0 radical (unpaired) electrons. The van der Waals surface area contributed by atoms with Gasteiger partial charge < -0.3 is 9.64 Å². The van der Waals surface area contributed by atoms with Crippen LogP contribution >= 0.6 is 11.6 Å². The molecule has 0 atom stereocenters. The summed E-state index contributed by atoms with van der Waals surface area (Å²) in [4.78, 5) is 25.9. The van der Waals surface area contributed by atoms with Gasteiger partial charge in [0.2, 0.25) is 10.0 Å². The number of ether oxygens (including phenoxy) is 1. The summed E-state index contributed by atoms with van der Waals surface area (Å²) in [6, 6.07) is 3.96. The fourth-order valence-electron chi connectivity index (χ4n) is 3.16. The fraction of sp³-hybridized carbons (Fsp3) is 0.529. The Bertz CT molecular complexity index is 799. The lowest BCUT2D eigenvalue weighted by Crippen LogP contribution is -2.32. The van der Waals surface area contributed by atoms with Gasteiger partial charge in [0.1, 0.15) is 0 Å². The number of carbonyl (C=O) groups is 2. The van der Waals surface area contributed by atoms with Gasteiger partial charge in [-0.25, -0.2) is 13.2 Å². The quantitative estimate of drug-likeness (QED) is 0.705. The lowest BCUT2D eigenvalue weighted by Gasteiger charge is -2.17. The van der Waals surface area contributed by atoms with Gasteiger partial charge in [-0.3, -0.25) is 4.79 Å². The molecule has 0 bridgehead atoms. The van der Waals surface area contributed by atoms with Gasteiger partial charge in [0.15, 0.2) is 6.61 Å². The van der Waals surface area contributed by atoms with E-state index in [9.17, 15) is 18.0 Å². The van der Waals surface area contributed by atoms with Gasteiger partial charge >= 0.3 is 5.97 Å². The highest BCUT2D eigenvalue weighted by atomic mass is 35.5. The van der Waals surface area contributed by atoms with Crippen LogP contribution in [0.2, 0.25) is 5.02 Å². The first-order valence-corrected chi connectivity index (χ1v) is 10.5. The van der Waals surface area contributed by atoms with Crippen LogP contribution in [0.3, 0.4) is 0 Å². The average Bonchev–Trinajstić information content (AvgIpc) is 3.33. The highest BCUT2D eigenvalue weighted by Gasteiger charge is 2.29. The summed E-state index contributed by atoms with van der Waals surface area (Å²) in [7, 11) is -3.66. The number of hydrogen-bond acceptors (Lipinski definition) is 5. The second-order valence-corrected chi connectivity index (χ2v) is 8.76. The Kier molecular flexibility index (Phi) is 5.84. The van der Waals surface area contributed by atoms with Crippen molar-refractivity contribution in [2.45, 2.75) is 30.6 Å². The third-order valence-corrected chi connectivity index (χ3v) is 6.87. The number of carbonyl (C=O) groups excluding carboxylic acids is 2. The lowest BCUT2D eigenvalue weighted by molar-refractivity contribution is -0.133. The SMILES string of the molecule is O=C(OCC(=O)N1CCCC1)c1cc(S(=O)(=O)N2CCCC2)ccc1Cl. The van der Waals surface area contributed by atoms with Crippen molar-refractivity contribution < 1.29 is 22.7 Å². The molecule has 9 heteroatoms. The van der Waals surface area contributed by atoms with Gasteiger partial charge in [-0.15, -0.1) is 0 Å². The molecule has 142 valence electrons. The molecule has 2 saturated heterocycles. The summed E-state index contributed by atoms with van der Waals surface area (Å²) in [5.74, 6) is -1.06. The van der Waals surface area contributed by atoms with Gasteiger partial charge in [-0.05, 0) is 43.9 Å². The van der Waals surface area contributed by atoms with E-state index in [1.807, 2.05) is 0 Å². The van der Waals surface area contributed by atoms with Gasteiger partial charge in [-0.2, -0.15) is 4.31 Å². The minimum atomic E-state index is -3.66. The van der Waals surface area contributed by atoms with Crippen LogP contribution < -0.4 is 0 Å². The second-order valence-electron chi connectivity index (χ2n) is 6.42. The number of hydrogen-bond donors (Lipinski definition) is 0. The molecule has 3 rings (SSSR count). The highest BCUT2D eigenvalue weighted by Crippen LogP contribution is 2.25. The summed E-state index contributed by atoms with van der Waals surface area (Å²) in [5.41, 5.74) is -0.0545. The average molecular weight is 401 g/mol. The maximum absolute atomic E-state index is 12.6. The Morgan fingerprint density at radius 3 is 2.31 bits per heavy atom. The van der Waals surface area contributed by atoms with Crippen molar-refractivity contribution in [3.8, 4) is 0 Å². The van der Waals surface area contributed by atoms with E-state index in [0.717, 1.165) is 25.7 Å². The summed E-state index contributed by atoms with van der Waals surface area (Å²) in [6.45, 7) is 1.89. The molecule has 2 fully saturated rings. The van der Waals surface area contributed by atoms with Crippen LogP contribution in [0.4, 0.5) is 0 Å². The molecule has 7 nitrogen and oxygen atoms in total. The van der Waals surface area contributed by atoms with E-state index in [1.54, 1.807) is 4.90 Å². The van der Waals surface area contributed by atoms with E-state index >= 15 is 0 Å². The number of rotatable bonds is 5. The first-order chi connectivity index (χ1) is 12.4. The van der Waals surface area contributed by atoms with Crippen LogP contribution in [-0.4, -0.2) is 62.3 Å². The van der Waals surface area contributed by atoms with E-state index in [1.165, 1.54) is 22.5 Å². The largest absolute Gasteiger partial charge is 0.452 e. The van der Waals surface area contributed by atoms with Crippen molar-refractivity contribution in [2.75, 3.05) is 32.8 Å². The molecule has 26 heavy (non-hydrogen) atoms. The van der Waals surface area contributed by atoms with Crippen LogP contribution in [0.15, 0.2) is 23.1 Å². The number of amides is 1. The van der Waals surface area contributed by atoms with E-state index in [2.05, 4.69) is 0 Å². The maximum Gasteiger partial charge on any atom is 0.340 e. The van der Waals surface area contributed by atoms with Gasteiger partial charge in [0.25, 0.3) is 5.91 Å². The number of likely N-dealkylation sites (tertiary alicyclic amines) is 1. The minimum Gasteiger partial charge on any atom is -0.452 e. The fourth-order valence-corrected chi connectivity index (χ4v) is 4.90. The Morgan fingerprint density at radius 1 is 1.04 bits per heavy atom. The number of sulfonamides is 1. The Hall–Kier alpha value is -1.64. The molecule has 2 heterocycles. The van der Waals surface area contributed by atoms with Gasteiger partial charge in [0, 0.05) is 26.2 Å². The van der Waals surface area contributed by atoms with Crippen molar-refractivity contribution in [1.29, 1.82) is 0 Å². The molecular formula is C17H21ClN2O5S. The molecule has 0 aliphatic carbocycles. The molecular weight excluding hydrogens is 380 g/mol.